The van der Waals surface area contributed by atoms with Gasteiger partial charge in [0, 0.05) is 0 Å². The summed E-state index contributed by atoms with van der Waals surface area (Å²) in [7, 11) is 0. The van der Waals surface area contributed by atoms with Crippen LogP contribution in [0.5, 0.6) is 5.75 Å². The molecule has 1 aliphatic carbocycles. The van der Waals surface area contributed by atoms with Crippen molar-refractivity contribution in [3.63, 3.8) is 0 Å². The average molecular weight is 270 g/mol. The van der Waals surface area contributed by atoms with Crippen LogP contribution in [-0.2, 0) is 0 Å². The number of aromatic nitrogens is 2. The number of hydrogen-bond donors (Lipinski definition) is 1. The van der Waals surface area contributed by atoms with Crippen LogP contribution in [0.4, 0.5) is 0 Å². The summed E-state index contributed by atoms with van der Waals surface area (Å²) in [6, 6.07) is 0. The molecule has 2 heterocycles. The molecule has 1 aromatic rings. The summed E-state index contributed by atoms with van der Waals surface area (Å²) < 4.78 is 7.80. The summed E-state index contributed by atoms with van der Waals surface area (Å²) in [5, 5.41) is 8.46. The van der Waals surface area contributed by atoms with E-state index in [2.05, 4.69) is 10.4 Å². The Bertz CT molecular complexity index is 395. The van der Waals surface area contributed by atoms with Gasteiger partial charge in [0.25, 0.3) is 0 Å². The van der Waals surface area contributed by atoms with E-state index in [0.29, 0.717) is 11.3 Å². The lowest BCUT2D eigenvalue weighted by Gasteiger charge is -2.24. The van der Waals surface area contributed by atoms with E-state index in [-0.39, 0.29) is 6.17 Å². The average Bonchev–Trinajstić information content (AvgIpc) is 3.03. The Labute approximate surface area is 113 Å². The van der Waals surface area contributed by atoms with Crippen molar-refractivity contribution in [3.05, 3.63) is 11.3 Å². The van der Waals surface area contributed by atoms with Crippen molar-refractivity contribution in [3.8, 4) is 5.75 Å². The van der Waals surface area contributed by atoms with Crippen molar-refractivity contribution < 1.29 is 4.74 Å². The SMILES string of the molecule is Clc1c(OC2CCCC2)cnn1C1CCCCN1. The van der Waals surface area contributed by atoms with Gasteiger partial charge < -0.3 is 4.74 Å². The first kappa shape index (κ1) is 12.3. The quantitative estimate of drug-likeness (QED) is 0.916. The number of nitrogens with one attached hydrogen (secondary N) is 1. The van der Waals surface area contributed by atoms with Crippen LogP contribution in [0.25, 0.3) is 0 Å². The Morgan fingerprint density at radius 3 is 2.72 bits per heavy atom. The van der Waals surface area contributed by atoms with Crippen molar-refractivity contribution in [1.29, 1.82) is 0 Å². The molecule has 0 radical (unpaired) electrons. The molecule has 3 rings (SSSR count). The molecule has 0 amide bonds. The number of nitrogens with zero attached hydrogens (tertiary/aromatic N) is 2. The smallest absolute Gasteiger partial charge is 0.176 e. The standard InChI is InChI=1S/C13H20ClN3O/c14-13-11(18-10-5-1-2-6-10)9-16-17(13)12-7-3-4-8-15-12/h9-10,12,15H,1-8H2. The van der Waals surface area contributed by atoms with Gasteiger partial charge in [0.05, 0.1) is 12.3 Å². The maximum absolute atomic E-state index is 6.37. The minimum absolute atomic E-state index is 0.229. The molecular formula is C13H20ClN3O. The maximum Gasteiger partial charge on any atom is 0.176 e. The zero-order chi connectivity index (χ0) is 12.4. The number of rotatable bonds is 3. The van der Waals surface area contributed by atoms with Crippen molar-refractivity contribution >= 4 is 11.6 Å². The van der Waals surface area contributed by atoms with Crippen molar-refractivity contribution in [1.82, 2.24) is 15.1 Å². The first-order chi connectivity index (χ1) is 8.84. The third-order valence-corrected chi connectivity index (χ3v) is 4.24. The number of piperidine rings is 1. The number of ether oxygens (including phenoxy) is 1. The molecule has 5 heteroatoms. The van der Waals surface area contributed by atoms with E-state index in [1.165, 1.54) is 25.7 Å². The lowest BCUT2D eigenvalue weighted by Crippen LogP contribution is -2.32. The first-order valence-electron chi connectivity index (χ1n) is 6.97. The summed E-state index contributed by atoms with van der Waals surface area (Å²) in [5.41, 5.74) is 0. The lowest BCUT2D eigenvalue weighted by molar-refractivity contribution is 0.209. The normalized spacial score (nSPS) is 25.5. The van der Waals surface area contributed by atoms with Crippen LogP contribution in [-0.4, -0.2) is 22.4 Å². The summed E-state index contributed by atoms with van der Waals surface area (Å²) in [6.45, 7) is 1.04. The van der Waals surface area contributed by atoms with Gasteiger partial charge in [-0.3, -0.25) is 5.32 Å². The minimum Gasteiger partial charge on any atom is -0.486 e. The van der Waals surface area contributed by atoms with E-state index in [0.717, 1.165) is 31.6 Å². The van der Waals surface area contributed by atoms with E-state index in [1.54, 1.807) is 6.20 Å². The molecule has 4 nitrogen and oxygen atoms in total. The van der Waals surface area contributed by atoms with Crippen LogP contribution in [0, 0.1) is 0 Å². The van der Waals surface area contributed by atoms with Gasteiger partial charge in [-0.15, -0.1) is 0 Å². The Kier molecular flexibility index (Phi) is 3.75. The zero-order valence-electron chi connectivity index (χ0n) is 10.6. The molecular weight excluding hydrogens is 250 g/mol. The Morgan fingerprint density at radius 1 is 1.22 bits per heavy atom. The molecule has 1 saturated heterocycles. The third kappa shape index (κ3) is 2.50. The molecule has 1 aromatic heterocycles. The second-order valence-corrected chi connectivity index (χ2v) is 5.59. The van der Waals surface area contributed by atoms with Crippen molar-refractivity contribution in [2.24, 2.45) is 0 Å². The highest BCUT2D eigenvalue weighted by Gasteiger charge is 2.23. The molecule has 0 spiro atoms. The van der Waals surface area contributed by atoms with Crippen LogP contribution in [0.1, 0.15) is 51.1 Å². The summed E-state index contributed by atoms with van der Waals surface area (Å²) in [4.78, 5) is 0. The molecule has 2 aliphatic rings. The van der Waals surface area contributed by atoms with Crippen LogP contribution in [0.15, 0.2) is 6.20 Å². The summed E-state index contributed by atoms with van der Waals surface area (Å²) in [6.07, 6.45) is 10.7. The minimum atomic E-state index is 0.229. The van der Waals surface area contributed by atoms with Gasteiger partial charge in [-0.25, -0.2) is 4.68 Å². The highest BCUT2D eigenvalue weighted by Crippen LogP contribution is 2.32. The Balaban J connectivity index is 1.70. The molecule has 100 valence electrons. The second kappa shape index (κ2) is 5.49. The van der Waals surface area contributed by atoms with Crippen LogP contribution in [0.2, 0.25) is 5.15 Å². The third-order valence-electron chi connectivity index (χ3n) is 3.88. The molecule has 1 saturated carbocycles. The van der Waals surface area contributed by atoms with Gasteiger partial charge in [-0.2, -0.15) is 5.10 Å². The van der Waals surface area contributed by atoms with Gasteiger partial charge in [-0.1, -0.05) is 11.6 Å². The second-order valence-electron chi connectivity index (χ2n) is 5.23. The molecule has 1 N–H and O–H groups in total. The summed E-state index contributed by atoms with van der Waals surface area (Å²) in [5.74, 6) is 0.746. The lowest BCUT2D eigenvalue weighted by atomic mass is 10.1. The van der Waals surface area contributed by atoms with Crippen molar-refractivity contribution in [2.45, 2.75) is 57.2 Å². The van der Waals surface area contributed by atoms with Crippen LogP contribution < -0.4 is 10.1 Å². The van der Waals surface area contributed by atoms with E-state index in [4.69, 9.17) is 16.3 Å². The highest BCUT2D eigenvalue weighted by atomic mass is 35.5. The zero-order valence-corrected chi connectivity index (χ0v) is 11.3. The number of hydrogen-bond acceptors (Lipinski definition) is 3. The van der Waals surface area contributed by atoms with E-state index in [9.17, 15) is 0 Å². The van der Waals surface area contributed by atoms with Crippen molar-refractivity contribution in [2.75, 3.05) is 6.54 Å². The first-order valence-corrected chi connectivity index (χ1v) is 7.35. The molecule has 1 aliphatic heterocycles. The van der Waals surface area contributed by atoms with E-state index >= 15 is 0 Å². The largest absolute Gasteiger partial charge is 0.486 e. The topological polar surface area (TPSA) is 39.1 Å². The van der Waals surface area contributed by atoms with Gasteiger partial charge in [-0.05, 0) is 51.5 Å². The maximum atomic E-state index is 6.37. The molecule has 0 aromatic carbocycles. The Morgan fingerprint density at radius 2 is 2.00 bits per heavy atom. The molecule has 18 heavy (non-hydrogen) atoms. The van der Waals surface area contributed by atoms with Gasteiger partial charge in [0.1, 0.15) is 6.17 Å². The highest BCUT2D eigenvalue weighted by molar-refractivity contribution is 6.31. The number of halogens is 1. The fourth-order valence-corrected chi connectivity index (χ4v) is 3.11. The van der Waals surface area contributed by atoms with Crippen LogP contribution >= 0.6 is 11.6 Å². The van der Waals surface area contributed by atoms with Gasteiger partial charge in [0.15, 0.2) is 10.9 Å². The van der Waals surface area contributed by atoms with Gasteiger partial charge in [0.2, 0.25) is 0 Å². The predicted octanol–water partition coefficient (Wildman–Crippen LogP) is 3.13. The van der Waals surface area contributed by atoms with Crippen LogP contribution in [0.3, 0.4) is 0 Å². The van der Waals surface area contributed by atoms with Gasteiger partial charge >= 0.3 is 0 Å². The molecule has 1 atom stereocenters. The molecule has 0 bridgehead atoms. The molecule has 1 unspecified atom stereocenters. The predicted molar refractivity (Wildman–Crippen MR) is 71.0 cm³/mol. The fourth-order valence-electron chi connectivity index (χ4n) is 2.86. The Hall–Kier alpha value is -0.740. The fraction of sp³-hybridized carbons (Fsp3) is 0.769. The molecule has 2 fully saturated rings. The summed E-state index contributed by atoms with van der Waals surface area (Å²) >= 11 is 6.37. The monoisotopic (exact) mass is 269 g/mol. The van der Waals surface area contributed by atoms with E-state index in [1.807, 2.05) is 4.68 Å². The van der Waals surface area contributed by atoms with E-state index < -0.39 is 0 Å².